The van der Waals surface area contributed by atoms with Gasteiger partial charge in [0, 0.05) is 29.5 Å². The third kappa shape index (κ3) is 2.64. The van der Waals surface area contributed by atoms with E-state index >= 15 is 0 Å². The lowest BCUT2D eigenvalue weighted by Gasteiger charge is -2.13. The second-order valence-corrected chi connectivity index (χ2v) is 5.06. The SMILES string of the molecule is CN(CCc1ccc2c(c1)CCC2)C(=O)Br. The van der Waals surface area contributed by atoms with Gasteiger partial charge in [0.15, 0.2) is 0 Å². The first-order valence-electron chi connectivity index (χ1n) is 5.68. The largest absolute Gasteiger partial charge is 0.336 e. The van der Waals surface area contributed by atoms with Gasteiger partial charge in [-0.15, -0.1) is 0 Å². The van der Waals surface area contributed by atoms with Gasteiger partial charge in [-0.1, -0.05) is 18.2 Å². The summed E-state index contributed by atoms with van der Waals surface area (Å²) in [5.41, 5.74) is 4.35. The average molecular weight is 282 g/mol. The summed E-state index contributed by atoms with van der Waals surface area (Å²) in [7, 11) is 1.81. The zero-order valence-corrected chi connectivity index (χ0v) is 11.1. The van der Waals surface area contributed by atoms with E-state index in [0.717, 1.165) is 13.0 Å². The quantitative estimate of drug-likeness (QED) is 0.616. The molecule has 1 aromatic carbocycles. The number of amides is 1. The van der Waals surface area contributed by atoms with E-state index in [0.29, 0.717) is 0 Å². The minimum atomic E-state index is -0.0475. The van der Waals surface area contributed by atoms with Gasteiger partial charge in [-0.2, -0.15) is 0 Å². The van der Waals surface area contributed by atoms with Crippen LogP contribution in [0.1, 0.15) is 23.1 Å². The van der Waals surface area contributed by atoms with Crippen LogP contribution in [-0.4, -0.2) is 23.3 Å². The van der Waals surface area contributed by atoms with Crippen LogP contribution in [0.2, 0.25) is 0 Å². The molecular formula is C13H16BrNO. The Morgan fingerprint density at radius 2 is 2.12 bits per heavy atom. The summed E-state index contributed by atoms with van der Waals surface area (Å²) in [5, 5.41) is 0. The van der Waals surface area contributed by atoms with Crippen LogP contribution < -0.4 is 0 Å². The molecule has 1 aliphatic rings. The fourth-order valence-electron chi connectivity index (χ4n) is 2.17. The summed E-state index contributed by atoms with van der Waals surface area (Å²) in [6.45, 7) is 0.767. The van der Waals surface area contributed by atoms with Crippen LogP contribution in [0.25, 0.3) is 0 Å². The fourth-order valence-corrected chi connectivity index (χ4v) is 2.34. The molecule has 0 spiro atoms. The van der Waals surface area contributed by atoms with E-state index in [4.69, 9.17) is 0 Å². The second-order valence-electron chi connectivity index (χ2n) is 4.38. The normalized spacial score (nSPS) is 13.6. The van der Waals surface area contributed by atoms with Gasteiger partial charge in [0.05, 0.1) is 0 Å². The predicted molar refractivity (Wildman–Crippen MR) is 69.1 cm³/mol. The van der Waals surface area contributed by atoms with Gasteiger partial charge in [0.25, 0.3) is 4.82 Å². The number of carbonyl (C=O) groups excluding carboxylic acids is 1. The summed E-state index contributed by atoms with van der Waals surface area (Å²) in [5.74, 6) is 0. The highest BCUT2D eigenvalue weighted by Gasteiger charge is 2.11. The molecule has 1 aromatic rings. The van der Waals surface area contributed by atoms with E-state index in [1.807, 2.05) is 7.05 Å². The lowest BCUT2D eigenvalue weighted by Crippen LogP contribution is -2.23. The maximum Gasteiger partial charge on any atom is 0.289 e. The summed E-state index contributed by atoms with van der Waals surface area (Å²) in [6, 6.07) is 6.74. The number of nitrogens with zero attached hydrogens (tertiary/aromatic N) is 1. The van der Waals surface area contributed by atoms with E-state index < -0.39 is 0 Å². The highest BCUT2D eigenvalue weighted by Crippen LogP contribution is 2.23. The average Bonchev–Trinajstić information content (AvgIpc) is 2.72. The number of hydrogen-bond donors (Lipinski definition) is 0. The van der Waals surface area contributed by atoms with Crippen LogP contribution in [0, 0.1) is 0 Å². The van der Waals surface area contributed by atoms with E-state index in [1.54, 1.807) is 4.90 Å². The number of carbonyl (C=O) groups is 1. The lowest BCUT2D eigenvalue weighted by atomic mass is 10.0. The first-order valence-corrected chi connectivity index (χ1v) is 6.47. The number of benzene rings is 1. The Bertz CT molecular complexity index is 403. The van der Waals surface area contributed by atoms with Crippen molar-refractivity contribution in [3.05, 3.63) is 34.9 Å². The van der Waals surface area contributed by atoms with Gasteiger partial charge in [-0.25, -0.2) is 0 Å². The Hall–Kier alpha value is -0.830. The highest BCUT2D eigenvalue weighted by atomic mass is 79.9. The number of likely N-dealkylation sites (N-methyl/N-ethyl adjacent to an activating group) is 1. The van der Waals surface area contributed by atoms with Crippen LogP contribution >= 0.6 is 15.9 Å². The summed E-state index contributed by atoms with van der Waals surface area (Å²) in [6.07, 6.45) is 4.67. The maximum absolute atomic E-state index is 11.0. The first kappa shape index (κ1) is 11.6. The van der Waals surface area contributed by atoms with Crippen molar-refractivity contribution in [1.29, 1.82) is 0 Å². The van der Waals surface area contributed by atoms with Crippen molar-refractivity contribution in [2.24, 2.45) is 0 Å². The van der Waals surface area contributed by atoms with E-state index in [-0.39, 0.29) is 4.82 Å². The molecule has 0 N–H and O–H groups in total. The molecule has 86 valence electrons. The molecule has 0 unspecified atom stereocenters. The van der Waals surface area contributed by atoms with Crippen molar-refractivity contribution in [2.75, 3.05) is 13.6 Å². The maximum atomic E-state index is 11.0. The molecule has 1 aliphatic carbocycles. The van der Waals surface area contributed by atoms with Gasteiger partial charge >= 0.3 is 0 Å². The molecule has 1 amide bonds. The Morgan fingerprint density at radius 1 is 1.38 bits per heavy atom. The molecule has 0 fully saturated rings. The number of rotatable bonds is 3. The second kappa shape index (κ2) is 5.00. The van der Waals surface area contributed by atoms with E-state index in [9.17, 15) is 4.79 Å². The third-order valence-corrected chi connectivity index (χ3v) is 3.80. The molecule has 3 heteroatoms. The Morgan fingerprint density at radius 3 is 2.88 bits per heavy atom. The van der Waals surface area contributed by atoms with Crippen molar-refractivity contribution in [3.63, 3.8) is 0 Å². The molecule has 0 heterocycles. The number of aryl methyl sites for hydroxylation is 2. The Kier molecular flexibility index (Phi) is 3.64. The predicted octanol–water partition coefficient (Wildman–Crippen LogP) is 3.16. The molecule has 0 aliphatic heterocycles. The van der Waals surface area contributed by atoms with Crippen LogP contribution in [0.5, 0.6) is 0 Å². The minimum Gasteiger partial charge on any atom is -0.336 e. The lowest BCUT2D eigenvalue weighted by molar-refractivity contribution is 0.235. The number of halogens is 1. The fraction of sp³-hybridized carbons (Fsp3) is 0.462. The molecule has 0 aromatic heterocycles. The molecule has 2 rings (SSSR count). The summed E-state index contributed by atoms with van der Waals surface area (Å²) < 4.78 is 0. The van der Waals surface area contributed by atoms with E-state index in [2.05, 4.69) is 34.1 Å². The molecular weight excluding hydrogens is 266 g/mol. The van der Waals surface area contributed by atoms with Crippen molar-refractivity contribution in [2.45, 2.75) is 25.7 Å². The zero-order valence-electron chi connectivity index (χ0n) is 9.50. The molecule has 2 nitrogen and oxygen atoms in total. The first-order chi connectivity index (χ1) is 7.66. The molecule has 0 atom stereocenters. The molecule has 0 bridgehead atoms. The zero-order chi connectivity index (χ0) is 11.5. The smallest absolute Gasteiger partial charge is 0.289 e. The number of fused-ring (bicyclic) bond motifs is 1. The van der Waals surface area contributed by atoms with Crippen LogP contribution in [-0.2, 0) is 19.3 Å². The molecule has 0 radical (unpaired) electrons. The summed E-state index contributed by atoms with van der Waals surface area (Å²) >= 11 is 2.95. The van der Waals surface area contributed by atoms with Crippen molar-refractivity contribution in [3.8, 4) is 0 Å². The Balaban J connectivity index is 1.98. The van der Waals surface area contributed by atoms with Crippen LogP contribution in [0.3, 0.4) is 0 Å². The summed E-state index contributed by atoms with van der Waals surface area (Å²) in [4.78, 5) is 12.6. The van der Waals surface area contributed by atoms with Gasteiger partial charge in [-0.05, 0) is 42.4 Å². The van der Waals surface area contributed by atoms with Gasteiger partial charge in [0.2, 0.25) is 0 Å². The van der Waals surface area contributed by atoms with Crippen molar-refractivity contribution in [1.82, 2.24) is 4.90 Å². The Labute approximate surface area is 105 Å². The highest BCUT2D eigenvalue weighted by molar-refractivity contribution is 9.18. The minimum absolute atomic E-state index is 0.0475. The standard InChI is InChI=1S/C13H16BrNO/c1-15(13(14)16)8-7-10-5-6-11-3-2-4-12(11)9-10/h5-6,9H,2-4,7-8H2,1H3. The molecule has 0 saturated carbocycles. The third-order valence-electron chi connectivity index (χ3n) is 3.20. The number of hydrogen-bond acceptors (Lipinski definition) is 1. The van der Waals surface area contributed by atoms with E-state index in [1.165, 1.54) is 36.0 Å². The topological polar surface area (TPSA) is 20.3 Å². The van der Waals surface area contributed by atoms with Gasteiger partial charge in [-0.3, -0.25) is 4.79 Å². The van der Waals surface area contributed by atoms with Crippen molar-refractivity contribution < 1.29 is 4.79 Å². The van der Waals surface area contributed by atoms with Gasteiger partial charge < -0.3 is 4.90 Å². The molecule has 16 heavy (non-hydrogen) atoms. The molecule has 0 saturated heterocycles. The monoisotopic (exact) mass is 281 g/mol. The van der Waals surface area contributed by atoms with Crippen LogP contribution in [0.4, 0.5) is 4.79 Å². The van der Waals surface area contributed by atoms with Crippen molar-refractivity contribution >= 4 is 20.7 Å². The van der Waals surface area contributed by atoms with Crippen LogP contribution in [0.15, 0.2) is 18.2 Å². The van der Waals surface area contributed by atoms with Gasteiger partial charge in [0.1, 0.15) is 0 Å².